The second-order valence-corrected chi connectivity index (χ2v) is 6.51. The van der Waals surface area contributed by atoms with Crippen molar-refractivity contribution in [2.24, 2.45) is 0 Å². The zero-order valence-corrected chi connectivity index (χ0v) is 14.2. The standard InChI is InChI=1S/C21H14F2OS/c1-25-21-18-12-15(13-2-7-16(22)8-3-13)6-11-19(18)24-20(21)14-4-9-17(23)10-5-14/h2-12H,1H3. The first-order valence-electron chi connectivity index (χ1n) is 7.78. The molecule has 4 rings (SSSR count). The van der Waals surface area contributed by atoms with Crippen LogP contribution in [0.4, 0.5) is 8.78 Å². The number of thioether (sulfide) groups is 1. The van der Waals surface area contributed by atoms with Crippen LogP contribution in [0.5, 0.6) is 0 Å². The van der Waals surface area contributed by atoms with E-state index in [2.05, 4.69) is 0 Å². The Bertz CT molecular complexity index is 1030. The molecule has 0 fully saturated rings. The molecule has 0 saturated carbocycles. The normalized spacial score (nSPS) is 11.2. The summed E-state index contributed by atoms with van der Waals surface area (Å²) in [4.78, 5) is 1.01. The third-order valence-corrected chi connectivity index (χ3v) is 4.94. The van der Waals surface area contributed by atoms with Crippen molar-refractivity contribution in [3.05, 3.63) is 78.4 Å². The van der Waals surface area contributed by atoms with E-state index in [4.69, 9.17) is 4.42 Å². The molecular weight excluding hydrogens is 338 g/mol. The van der Waals surface area contributed by atoms with Gasteiger partial charge in [-0.05, 0) is 65.9 Å². The van der Waals surface area contributed by atoms with Crippen molar-refractivity contribution in [3.8, 4) is 22.5 Å². The first kappa shape index (κ1) is 15.9. The molecule has 25 heavy (non-hydrogen) atoms. The zero-order chi connectivity index (χ0) is 17.4. The Kier molecular flexibility index (Phi) is 4.06. The Labute approximate surface area is 148 Å². The zero-order valence-electron chi connectivity index (χ0n) is 13.4. The maximum atomic E-state index is 13.2. The SMILES string of the molecule is CSc1c(-c2ccc(F)cc2)oc2ccc(-c3ccc(F)cc3)cc12. The lowest BCUT2D eigenvalue weighted by molar-refractivity contribution is 0.619. The predicted molar refractivity (Wildman–Crippen MR) is 98.8 cm³/mol. The van der Waals surface area contributed by atoms with Gasteiger partial charge in [0.05, 0.1) is 4.90 Å². The summed E-state index contributed by atoms with van der Waals surface area (Å²) in [6.45, 7) is 0. The van der Waals surface area contributed by atoms with Gasteiger partial charge in [-0.1, -0.05) is 18.2 Å². The van der Waals surface area contributed by atoms with E-state index in [1.54, 1.807) is 36.0 Å². The Balaban J connectivity index is 1.87. The molecule has 124 valence electrons. The van der Waals surface area contributed by atoms with Gasteiger partial charge in [0.1, 0.15) is 23.0 Å². The van der Waals surface area contributed by atoms with Crippen molar-refractivity contribution in [3.63, 3.8) is 0 Å². The van der Waals surface area contributed by atoms with Gasteiger partial charge in [-0.25, -0.2) is 8.78 Å². The molecule has 0 radical (unpaired) electrons. The molecule has 4 heteroatoms. The van der Waals surface area contributed by atoms with Crippen LogP contribution in [0.25, 0.3) is 33.4 Å². The van der Waals surface area contributed by atoms with E-state index in [0.717, 1.165) is 38.3 Å². The maximum Gasteiger partial charge on any atom is 0.148 e. The molecule has 1 aromatic heterocycles. The smallest absolute Gasteiger partial charge is 0.148 e. The summed E-state index contributed by atoms with van der Waals surface area (Å²) in [6, 6.07) is 18.6. The van der Waals surface area contributed by atoms with Crippen molar-refractivity contribution in [1.82, 2.24) is 0 Å². The minimum absolute atomic E-state index is 0.253. The van der Waals surface area contributed by atoms with Crippen molar-refractivity contribution in [1.29, 1.82) is 0 Å². The largest absolute Gasteiger partial charge is 0.455 e. The number of rotatable bonds is 3. The summed E-state index contributed by atoms with van der Waals surface area (Å²) in [7, 11) is 0. The van der Waals surface area contributed by atoms with Gasteiger partial charge < -0.3 is 4.42 Å². The second kappa shape index (κ2) is 6.37. The molecule has 0 aliphatic carbocycles. The fraction of sp³-hybridized carbons (Fsp3) is 0.0476. The highest BCUT2D eigenvalue weighted by Gasteiger charge is 2.16. The average Bonchev–Trinajstić information content (AvgIpc) is 3.00. The quantitative estimate of drug-likeness (QED) is 0.378. The van der Waals surface area contributed by atoms with Gasteiger partial charge in [-0.2, -0.15) is 0 Å². The number of benzene rings is 3. The monoisotopic (exact) mass is 352 g/mol. The third-order valence-electron chi connectivity index (χ3n) is 4.13. The van der Waals surface area contributed by atoms with E-state index in [9.17, 15) is 8.78 Å². The fourth-order valence-corrected chi connectivity index (χ4v) is 3.62. The summed E-state index contributed by atoms with van der Waals surface area (Å²) in [6.07, 6.45) is 1.99. The first-order chi connectivity index (χ1) is 12.2. The molecule has 3 aromatic carbocycles. The highest BCUT2D eigenvalue weighted by Crippen LogP contribution is 2.40. The van der Waals surface area contributed by atoms with Crippen molar-refractivity contribution >= 4 is 22.7 Å². The van der Waals surface area contributed by atoms with Crippen molar-refractivity contribution < 1.29 is 13.2 Å². The summed E-state index contributed by atoms with van der Waals surface area (Å²) >= 11 is 1.59. The maximum absolute atomic E-state index is 13.2. The van der Waals surface area contributed by atoms with Crippen LogP contribution in [-0.2, 0) is 0 Å². The molecule has 0 N–H and O–H groups in total. The average molecular weight is 352 g/mol. The first-order valence-corrected chi connectivity index (χ1v) is 9.00. The van der Waals surface area contributed by atoms with Crippen LogP contribution in [0.15, 0.2) is 76.0 Å². The van der Waals surface area contributed by atoms with E-state index in [0.29, 0.717) is 0 Å². The minimum Gasteiger partial charge on any atom is -0.455 e. The minimum atomic E-state index is -0.274. The lowest BCUT2D eigenvalue weighted by Gasteiger charge is -2.02. The van der Waals surface area contributed by atoms with E-state index in [-0.39, 0.29) is 11.6 Å². The molecule has 0 bridgehead atoms. The van der Waals surface area contributed by atoms with E-state index >= 15 is 0 Å². The number of furan rings is 1. The van der Waals surface area contributed by atoms with Crippen LogP contribution in [0.2, 0.25) is 0 Å². The molecule has 0 atom stereocenters. The van der Waals surface area contributed by atoms with Gasteiger partial charge in [0.2, 0.25) is 0 Å². The summed E-state index contributed by atoms with van der Waals surface area (Å²) in [5.41, 5.74) is 3.55. The Morgan fingerprint density at radius 2 is 1.28 bits per heavy atom. The Morgan fingerprint density at radius 1 is 0.720 bits per heavy atom. The highest BCUT2D eigenvalue weighted by molar-refractivity contribution is 7.99. The van der Waals surface area contributed by atoms with E-state index in [1.807, 2.05) is 24.5 Å². The van der Waals surface area contributed by atoms with Gasteiger partial charge in [0.25, 0.3) is 0 Å². The molecule has 1 nitrogen and oxygen atoms in total. The molecule has 1 heterocycles. The van der Waals surface area contributed by atoms with Gasteiger partial charge in [0.15, 0.2) is 0 Å². The van der Waals surface area contributed by atoms with Crippen LogP contribution in [-0.4, -0.2) is 6.26 Å². The molecule has 0 spiro atoms. The van der Waals surface area contributed by atoms with Crippen LogP contribution in [0.3, 0.4) is 0 Å². The second-order valence-electron chi connectivity index (χ2n) is 5.69. The van der Waals surface area contributed by atoms with Crippen LogP contribution < -0.4 is 0 Å². The van der Waals surface area contributed by atoms with Crippen LogP contribution in [0.1, 0.15) is 0 Å². The third kappa shape index (κ3) is 2.94. The van der Waals surface area contributed by atoms with Gasteiger partial charge in [-0.3, -0.25) is 0 Å². The molecule has 0 amide bonds. The number of hydrogen-bond acceptors (Lipinski definition) is 2. The van der Waals surface area contributed by atoms with Crippen LogP contribution in [0, 0.1) is 11.6 Å². The number of fused-ring (bicyclic) bond motifs is 1. The molecular formula is C21H14F2OS. The van der Waals surface area contributed by atoms with E-state index < -0.39 is 0 Å². The molecule has 0 aliphatic rings. The summed E-state index contributed by atoms with van der Waals surface area (Å²) < 4.78 is 32.4. The number of halogens is 2. The Morgan fingerprint density at radius 3 is 1.88 bits per heavy atom. The molecule has 0 aliphatic heterocycles. The lowest BCUT2D eigenvalue weighted by atomic mass is 10.0. The van der Waals surface area contributed by atoms with Gasteiger partial charge in [-0.15, -0.1) is 11.8 Å². The Hall–Kier alpha value is -2.59. The summed E-state index contributed by atoms with van der Waals surface area (Å²) in [5.74, 6) is 0.208. The van der Waals surface area contributed by atoms with Gasteiger partial charge in [0, 0.05) is 10.9 Å². The van der Waals surface area contributed by atoms with E-state index in [1.165, 1.54) is 24.3 Å². The van der Waals surface area contributed by atoms with Crippen molar-refractivity contribution in [2.45, 2.75) is 4.90 Å². The number of hydrogen-bond donors (Lipinski definition) is 0. The highest BCUT2D eigenvalue weighted by atomic mass is 32.2. The molecule has 4 aromatic rings. The molecule has 0 unspecified atom stereocenters. The van der Waals surface area contributed by atoms with Crippen molar-refractivity contribution in [2.75, 3.05) is 6.26 Å². The predicted octanol–water partition coefficient (Wildman–Crippen LogP) is 6.77. The topological polar surface area (TPSA) is 13.1 Å². The fourth-order valence-electron chi connectivity index (χ4n) is 2.89. The van der Waals surface area contributed by atoms with Crippen LogP contribution >= 0.6 is 11.8 Å². The summed E-state index contributed by atoms with van der Waals surface area (Å²) in [5, 5.41) is 0.994. The lowest BCUT2D eigenvalue weighted by Crippen LogP contribution is -1.80. The van der Waals surface area contributed by atoms with Gasteiger partial charge >= 0.3 is 0 Å². The molecule has 0 saturated heterocycles.